The van der Waals surface area contributed by atoms with Crippen LogP contribution in [-0.4, -0.2) is 56.6 Å². The van der Waals surface area contributed by atoms with Gasteiger partial charge < -0.3 is 9.80 Å². The van der Waals surface area contributed by atoms with Gasteiger partial charge in [0.25, 0.3) is 11.7 Å². The van der Waals surface area contributed by atoms with Crippen molar-refractivity contribution in [2.75, 3.05) is 31.1 Å². The summed E-state index contributed by atoms with van der Waals surface area (Å²) in [5.74, 6) is 0.546. The highest BCUT2D eigenvalue weighted by Gasteiger charge is 2.26. The highest BCUT2D eigenvalue weighted by Crippen LogP contribution is 2.24. The molecule has 7 heteroatoms. The zero-order chi connectivity index (χ0) is 18.3. The van der Waals surface area contributed by atoms with Crippen molar-refractivity contribution in [2.45, 2.75) is 20.8 Å². The van der Waals surface area contributed by atoms with Crippen LogP contribution in [0.15, 0.2) is 30.5 Å². The molecule has 134 valence electrons. The van der Waals surface area contributed by atoms with Crippen LogP contribution in [0, 0.1) is 20.8 Å². The van der Waals surface area contributed by atoms with Gasteiger partial charge in [0.1, 0.15) is 0 Å². The minimum atomic E-state index is -0.129. The number of hydrogen-bond acceptors (Lipinski definition) is 5. The number of anilines is 1. The van der Waals surface area contributed by atoms with Crippen molar-refractivity contribution in [2.24, 2.45) is 0 Å². The third-order valence-electron chi connectivity index (χ3n) is 5.10. The molecule has 2 aromatic heterocycles. The van der Waals surface area contributed by atoms with Gasteiger partial charge in [-0.15, -0.1) is 5.10 Å². The van der Waals surface area contributed by atoms with Gasteiger partial charge in [0.05, 0.1) is 0 Å². The summed E-state index contributed by atoms with van der Waals surface area (Å²) in [6.07, 6.45) is 1.68. The van der Waals surface area contributed by atoms with E-state index in [-0.39, 0.29) is 11.7 Å². The Morgan fingerprint density at radius 2 is 1.81 bits per heavy atom. The molecule has 1 saturated heterocycles. The Morgan fingerprint density at radius 1 is 1.04 bits per heavy atom. The summed E-state index contributed by atoms with van der Waals surface area (Å²) in [5, 5.41) is 4.33. The Labute approximate surface area is 152 Å². The van der Waals surface area contributed by atoms with Crippen molar-refractivity contribution in [3.8, 4) is 0 Å². The molecule has 1 aliphatic heterocycles. The highest BCUT2D eigenvalue weighted by molar-refractivity contribution is 5.91. The van der Waals surface area contributed by atoms with Crippen LogP contribution in [0.3, 0.4) is 0 Å². The molecule has 26 heavy (non-hydrogen) atoms. The van der Waals surface area contributed by atoms with Crippen molar-refractivity contribution in [1.82, 2.24) is 24.5 Å². The van der Waals surface area contributed by atoms with Crippen LogP contribution in [0.1, 0.15) is 27.4 Å². The number of aromatic nitrogens is 4. The van der Waals surface area contributed by atoms with Crippen molar-refractivity contribution in [1.29, 1.82) is 0 Å². The van der Waals surface area contributed by atoms with Gasteiger partial charge in [-0.25, -0.2) is 9.50 Å². The van der Waals surface area contributed by atoms with Crippen molar-refractivity contribution in [3.05, 3.63) is 53.1 Å². The molecule has 1 aliphatic rings. The molecular weight excluding hydrogens is 328 g/mol. The average molecular weight is 350 g/mol. The second-order valence-electron chi connectivity index (χ2n) is 6.73. The average Bonchev–Trinajstić information content (AvgIpc) is 3.09. The number of aryl methyl sites for hydroxylation is 2. The lowest BCUT2D eigenvalue weighted by Gasteiger charge is -2.36. The summed E-state index contributed by atoms with van der Waals surface area (Å²) >= 11 is 0. The van der Waals surface area contributed by atoms with Crippen LogP contribution in [0.5, 0.6) is 0 Å². The maximum absolute atomic E-state index is 12.8. The minimum Gasteiger partial charge on any atom is -0.368 e. The fraction of sp³-hybridized carbons (Fsp3) is 0.368. The first kappa shape index (κ1) is 16.5. The zero-order valence-corrected chi connectivity index (χ0v) is 15.3. The van der Waals surface area contributed by atoms with E-state index in [0.717, 1.165) is 18.8 Å². The van der Waals surface area contributed by atoms with E-state index in [9.17, 15) is 4.79 Å². The molecule has 1 fully saturated rings. The topological polar surface area (TPSA) is 66.6 Å². The molecule has 1 amide bonds. The van der Waals surface area contributed by atoms with Gasteiger partial charge in [-0.05, 0) is 44.0 Å². The standard InChI is InChI=1S/C19H22N6O/c1-13-5-4-6-16(15(13)3)23-9-11-24(12-10-23)18(26)17-21-19-20-8-7-14(2)25(19)22-17/h4-8H,9-12H2,1-3H3. The Bertz CT molecular complexity index is 971. The lowest BCUT2D eigenvalue weighted by Crippen LogP contribution is -2.49. The maximum Gasteiger partial charge on any atom is 0.293 e. The first-order valence-electron chi connectivity index (χ1n) is 8.83. The second kappa shape index (κ2) is 6.40. The van der Waals surface area contributed by atoms with Gasteiger partial charge in [-0.3, -0.25) is 4.79 Å². The van der Waals surface area contributed by atoms with Crippen molar-refractivity contribution >= 4 is 17.4 Å². The van der Waals surface area contributed by atoms with Gasteiger partial charge in [0.15, 0.2) is 0 Å². The Kier molecular flexibility index (Phi) is 4.06. The fourth-order valence-corrected chi connectivity index (χ4v) is 3.37. The van der Waals surface area contributed by atoms with Crippen LogP contribution in [0.25, 0.3) is 5.78 Å². The molecule has 0 spiro atoms. The minimum absolute atomic E-state index is 0.129. The molecular formula is C19H22N6O. The van der Waals surface area contributed by atoms with Gasteiger partial charge >= 0.3 is 0 Å². The summed E-state index contributed by atoms with van der Waals surface area (Å²) in [5.41, 5.74) is 4.75. The van der Waals surface area contributed by atoms with Crippen molar-refractivity contribution in [3.63, 3.8) is 0 Å². The molecule has 0 saturated carbocycles. The largest absolute Gasteiger partial charge is 0.368 e. The van der Waals surface area contributed by atoms with Crippen LogP contribution in [0.2, 0.25) is 0 Å². The number of piperazine rings is 1. The van der Waals surface area contributed by atoms with E-state index >= 15 is 0 Å². The molecule has 1 aromatic carbocycles. The fourth-order valence-electron chi connectivity index (χ4n) is 3.37. The van der Waals surface area contributed by atoms with E-state index in [1.54, 1.807) is 10.7 Å². The van der Waals surface area contributed by atoms with Gasteiger partial charge in [-0.2, -0.15) is 4.98 Å². The van der Waals surface area contributed by atoms with Crippen LogP contribution in [0.4, 0.5) is 5.69 Å². The molecule has 0 radical (unpaired) electrons. The first-order chi connectivity index (χ1) is 12.5. The Morgan fingerprint density at radius 3 is 2.54 bits per heavy atom. The lowest BCUT2D eigenvalue weighted by atomic mass is 10.1. The Hall–Kier alpha value is -2.96. The van der Waals surface area contributed by atoms with E-state index in [4.69, 9.17) is 0 Å². The summed E-state index contributed by atoms with van der Waals surface area (Å²) < 4.78 is 1.61. The normalized spacial score (nSPS) is 14.9. The molecule has 0 aliphatic carbocycles. The third-order valence-corrected chi connectivity index (χ3v) is 5.10. The molecule has 3 heterocycles. The third kappa shape index (κ3) is 2.79. The number of benzene rings is 1. The van der Waals surface area contributed by atoms with E-state index in [1.165, 1.54) is 16.8 Å². The quantitative estimate of drug-likeness (QED) is 0.707. The summed E-state index contributed by atoms with van der Waals surface area (Å²) in [7, 11) is 0. The van der Waals surface area contributed by atoms with E-state index in [2.05, 4.69) is 52.0 Å². The number of amides is 1. The van der Waals surface area contributed by atoms with Crippen LogP contribution in [-0.2, 0) is 0 Å². The van der Waals surface area contributed by atoms with E-state index < -0.39 is 0 Å². The van der Waals surface area contributed by atoms with E-state index in [1.807, 2.05) is 17.9 Å². The summed E-state index contributed by atoms with van der Waals surface area (Å²) in [6.45, 7) is 9.13. The van der Waals surface area contributed by atoms with Crippen LogP contribution >= 0.6 is 0 Å². The van der Waals surface area contributed by atoms with E-state index in [0.29, 0.717) is 18.9 Å². The predicted octanol–water partition coefficient (Wildman–Crippen LogP) is 2.01. The Balaban J connectivity index is 1.49. The van der Waals surface area contributed by atoms with Gasteiger partial charge in [0, 0.05) is 43.8 Å². The molecule has 0 N–H and O–H groups in total. The maximum atomic E-state index is 12.8. The summed E-state index contributed by atoms with van der Waals surface area (Å²) in [4.78, 5) is 25.4. The smallest absolute Gasteiger partial charge is 0.293 e. The predicted molar refractivity (Wildman–Crippen MR) is 99.6 cm³/mol. The molecule has 0 atom stereocenters. The first-order valence-corrected chi connectivity index (χ1v) is 8.83. The summed E-state index contributed by atoms with van der Waals surface area (Å²) in [6, 6.07) is 8.21. The van der Waals surface area contributed by atoms with Crippen LogP contribution < -0.4 is 4.90 Å². The molecule has 0 unspecified atom stereocenters. The molecule has 3 aromatic rings. The molecule has 4 rings (SSSR count). The second-order valence-corrected chi connectivity index (χ2v) is 6.73. The van der Waals surface area contributed by atoms with Gasteiger partial charge in [0.2, 0.25) is 5.82 Å². The molecule has 0 bridgehead atoms. The number of nitrogens with zero attached hydrogens (tertiary/aromatic N) is 6. The SMILES string of the molecule is Cc1cccc(N2CCN(C(=O)c3nc4nccc(C)n4n3)CC2)c1C. The number of rotatable bonds is 2. The monoisotopic (exact) mass is 350 g/mol. The number of carbonyl (C=O) groups excluding carboxylic acids is 1. The highest BCUT2D eigenvalue weighted by atomic mass is 16.2. The van der Waals surface area contributed by atoms with Crippen molar-refractivity contribution < 1.29 is 4.79 Å². The zero-order valence-electron chi connectivity index (χ0n) is 15.3. The number of hydrogen-bond donors (Lipinski definition) is 0. The molecule has 7 nitrogen and oxygen atoms in total. The lowest BCUT2D eigenvalue weighted by molar-refractivity contribution is 0.0734. The van der Waals surface area contributed by atoms with Gasteiger partial charge in [-0.1, -0.05) is 12.1 Å². The number of fused-ring (bicyclic) bond motifs is 1. The number of carbonyl (C=O) groups is 1.